The third-order valence-electron chi connectivity index (χ3n) is 3.45. The lowest BCUT2D eigenvalue weighted by Gasteiger charge is -2.21. The van der Waals surface area contributed by atoms with Crippen LogP contribution in [-0.4, -0.2) is 54.2 Å². The van der Waals surface area contributed by atoms with Crippen molar-refractivity contribution in [2.45, 2.75) is 18.9 Å². The molecule has 1 fully saturated rings. The highest BCUT2D eigenvalue weighted by atomic mass is 16.4. The molecule has 0 aliphatic carbocycles. The van der Waals surface area contributed by atoms with E-state index in [2.05, 4.69) is 15.1 Å². The molecule has 3 rings (SSSR count). The molecule has 1 unspecified atom stereocenters. The summed E-state index contributed by atoms with van der Waals surface area (Å²) in [6.07, 6.45) is 5.52. The predicted molar refractivity (Wildman–Crippen MR) is 70.8 cm³/mol. The molecule has 1 aliphatic rings. The summed E-state index contributed by atoms with van der Waals surface area (Å²) in [6, 6.07) is 2.52. The number of carbonyl (C=O) groups is 2. The Morgan fingerprint density at radius 2 is 2.19 bits per heavy atom. The van der Waals surface area contributed by atoms with Crippen molar-refractivity contribution in [2.24, 2.45) is 0 Å². The Labute approximate surface area is 120 Å². The number of carbonyl (C=O) groups excluding carboxylic acids is 1. The predicted octanol–water partition coefficient (Wildman–Crippen LogP) is 0.351. The molecule has 8 heteroatoms. The van der Waals surface area contributed by atoms with E-state index in [0.29, 0.717) is 30.8 Å². The first-order valence-corrected chi connectivity index (χ1v) is 6.51. The zero-order valence-electron chi connectivity index (χ0n) is 11.1. The van der Waals surface area contributed by atoms with Crippen LogP contribution in [0.4, 0.5) is 0 Å². The van der Waals surface area contributed by atoms with Crippen molar-refractivity contribution in [1.29, 1.82) is 0 Å². The zero-order chi connectivity index (χ0) is 14.8. The maximum Gasteiger partial charge on any atom is 0.326 e. The fourth-order valence-corrected chi connectivity index (χ4v) is 2.41. The fourth-order valence-electron chi connectivity index (χ4n) is 2.41. The molecule has 1 N–H and O–H groups in total. The van der Waals surface area contributed by atoms with Crippen LogP contribution in [0.2, 0.25) is 0 Å². The minimum atomic E-state index is -0.965. The molecule has 0 saturated carbocycles. The Morgan fingerprint density at radius 3 is 2.81 bits per heavy atom. The van der Waals surface area contributed by atoms with Crippen molar-refractivity contribution < 1.29 is 14.7 Å². The van der Waals surface area contributed by atoms with Gasteiger partial charge in [-0.25, -0.2) is 19.4 Å². The highest BCUT2D eigenvalue weighted by Crippen LogP contribution is 2.20. The summed E-state index contributed by atoms with van der Waals surface area (Å²) in [7, 11) is 0. The summed E-state index contributed by atoms with van der Waals surface area (Å²) in [5.41, 5.74) is 0.368. The van der Waals surface area contributed by atoms with Gasteiger partial charge in [0.15, 0.2) is 5.82 Å². The maximum absolute atomic E-state index is 12.3. The Bertz CT molecular complexity index is 653. The van der Waals surface area contributed by atoms with E-state index in [9.17, 15) is 9.59 Å². The lowest BCUT2D eigenvalue weighted by atomic mass is 10.2. The van der Waals surface area contributed by atoms with Gasteiger partial charge in [-0.3, -0.25) is 4.79 Å². The highest BCUT2D eigenvalue weighted by Gasteiger charge is 2.34. The van der Waals surface area contributed by atoms with E-state index < -0.39 is 12.0 Å². The number of rotatable bonds is 3. The van der Waals surface area contributed by atoms with Crippen LogP contribution in [0.15, 0.2) is 31.0 Å². The van der Waals surface area contributed by atoms with Gasteiger partial charge in [-0.05, 0) is 25.0 Å². The van der Waals surface area contributed by atoms with E-state index in [4.69, 9.17) is 5.11 Å². The van der Waals surface area contributed by atoms with E-state index in [1.54, 1.807) is 12.1 Å². The van der Waals surface area contributed by atoms with Crippen molar-refractivity contribution in [3.8, 4) is 5.82 Å². The van der Waals surface area contributed by atoms with Crippen molar-refractivity contribution in [3.63, 3.8) is 0 Å². The number of carboxylic acid groups (broad SMARTS) is 1. The number of pyridine rings is 1. The Hall–Kier alpha value is -2.77. The second-order valence-electron chi connectivity index (χ2n) is 4.74. The lowest BCUT2D eigenvalue weighted by Crippen LogP contribution is -2.40. The van der Waals surface area contributed by atoms with Crippen LogP contribution >= 0.6 is 0 Å². The molecular formula is C13H13N5O3. The minimum absolute atomic E-state index is 0.308. The molecule has 1 aliphatic heterocycles. The molecule has 0 radical (unpaired) electrons. The van der Waals surface area contributed by atoms with E-state index in [1.807, 2.05) is 0 Å². The van der Waals surface area contributed by atoms with Gasteiger partial charge in [0.1, 0.15) is 18.7 Å². The van der Waals surface area contributed by atoms with E-state index in [0.717, 1.165) is 0 Å². The van der Waals surface area contributed by atoms with Crippen LogP contribution < -0.4 is 0 Å². The zero-order valence-corrected chi connectivity index (χ0v) is 11.1. The first-order valence-electron chi connectivity index (χ1n) is 6.51. The molecule has 2 aromatic heterocycles. The number of likely N-dealkylation sites (tertiary alicyclic amines) is 1. The molecule has 0 aromatic carbocycles. The fraction of sp³-hybridized carbons (Fsp3) is 0.308. The van der Waals surface area contributed by atoms with Crippen molar-refractivity contribution >= 4 is 11.9 Å². The van der Waals surface area contributed by atoms with Crippen LogP contribution in [0.1, 0.15) is 23.2 Å². The summed E-state index contributed by atoms with van der Waals surface area (Å²) >= 11 is 0. The Morgan fingerprint density at radius 1 is 1.33 bits per heavy atom. The normalized spacial score (nSPS) is 17.9. The van der Waals surface area contributed by atoms with E-state index in [-0.39, 0.29) is 5.91 Å². The van der Waals surface area contributed by atoms with Crippen molar-refractivity contribution in [1.82, 2.24) is 24.6 Å². The summed E-state index contributed by atoms with van der Waals surface area (Å²) in [5.74, 6) is -0.731. The van der Waals surface area contributed by atoms with Gasteiger partial charge in [0, 0.05) is 12.7 Å². The minimum Gasteiger partial charge on any atom is -0.480 e. The first-order chi connectivity index (χ1) is 10.2. The molecule has 108 valence electrons. The van der Waals surface area contributed by atoms with Crippen LogP contribution in [0.25, 0.3) is 5.82 Å². The molecule has 21 heavy (non-hydrogen) atoms. The molecule has 1 saturated heterocycles. The first kappa shape index (κ1) is 13.2. The molecule has 0 spiro atoms. The van der Waals surface area contributed by atoms with E-state index in [1.165, 1.54) is 28.4 Å². The monoisotopic (exact) mass is 287 g/mol. The average molecular weight is 287 g/mol. The van der Waals surface area contributed by atoms with Crippen LogP contribution in [0, 0.1) is 0 Å². The molecular weight excluding hydrogens is 274 g/mol. The Kier molecular flexibility index (Phi) is 3.35. The molecule has 2 aromatic rings. The molecule has 1 amide bonds. The number of aromatic nitrogens is 4. The summed E-state index contributed by atoms with van der Waals surface area (Å²) in [5, 5.41) is 13.1. The highest BCUT2D eigenvalue weighted by molar-refractivity contribution is 5.96. The quantitative estimate of drug-likeness (QED) is 0.874. The van der Waals surface area contributed by atoms with Gasteiger partial charge in [0.05, 0.1) is 5.56 Å². The molecule has 0 bridgehead atoms. The third kappa shape index (κ3) is 2.47. The van der Waals surface area contributed by atoms with Gasteiger partial charge in [-0.1, -0.05) is 0 Å². The number of hydrogen-bond donors (Lipinski definition) is 1. The summed E-state index contributed by atoms with van der Waals surface area (Å²) < 4.78 is 1.48. The standard InChI is InChI=1S/C13H13N5O3/c19-12(17-5-1-2-10(17)13(20)21)9-3-4-11(15-6-9)18-8-14-7-16-18/h3-4,6-8,10H,1-2,5H2,(H,20,21). The second-order valence-corrected chi connectivity index (χ2v) is 4.74. The van der Waals surface area contributed by atoms with Gasteiger partial charge >= 0.3 is 5.97 Å². The van der Waals surface area contributed by atoms with Gasteiger partial charge in [-0.2, -0.15) is 5.10 Å². The third-order valence-corrected chi connectivity index (χ3v) is 3.45. The second kappa shape index (κ2) is 5.31. The number of carboxylic acids is 1. The van der Waals surface area contributed by atoms with Gasteiger partial charge in [0.2, 0.25) is 0 Å². The number of nitrogens with zero attached hydrogens (tertiary/aromatic N) is 5. The number of amides is 1. The average Bonchev–Trinajstić information content (AvgIpc) is 3.18. The van der Waals surface area contributed by atoms with Crippen LogP contribution in [-0.2, 0) is 4.79 Å². The van der Waals surface area contributed by atoms with Gasteiger partial charge < -0.3 is 10.0 Å². The Balaban J connectivity index is 1.80. The topological polar surface area (TPSA) is 101 Å². The van der Waals surface area contributed by atoms with E-state index >= 15 is 0 Å². The van der Waals surface area contributed by atoms with Gasteiger partial charge in [0.25, 0.3) is 5.91 Å². The smallest absolute Gasteiger partial charge is 0.326 e. The molecule has 1 atom stereocenters. The molecule has 3 heterocycles. The van der Waals surface area contributed by atoms with Crippen LogP contribution in [0.3, 0.4) is 0 Å². The number of hydrogen-bond acceptors (Lipinski definition) is 5. The lowest BCUT2D eigenvalue weighted by molar-refractivity contribution is -0.141. The van der Waals surface area contributed by atoms with Crippen molar-refractivity contribution in [3.05, 3.63) is 36.5 Å². The van der Waals surface area contributed by atoms with Crippen LogP contribution in [0.5, 0.6) is 0 Å². The number of aliphatic carboxylic acids is 1. The molecule has 8 nitrogen and oxygen atoms in total. The van der Waals surface area contributed by atoms with Crippen molar-refractivity contribution in [2.75, 3.05) is 6.54 Å². The maximum atomic E-state index is 12.3. The largest absolute Gasteiger partial charge is 0.480 e. The summed E-state index contributed by atoms with van der Waals surface area (Å²) in [6.45, 7) is 0.459. The summed E-state index contributed by atoms with van der Waals surface area (Å²) in [4.78, 5) is 32.8. The SMILES string of the molecule is O=C(O)C1CCCN1C(=O)c1ccc(-n2cncn2)nc1. The van der Waals surface area contributed by atoms with Gasteiger partial charge in [-0.15, -0.1) is 0 Å².